The number of rotatable bonds is 6. The van der Waals surface area contributed by atoms with Gasteiger partial charge in [0.1, 0.15) is 12.0 Å². The Kier molecular flexibility index (Phi) is 6.72. The third-order valence-corrected chi connectivity index (χ3v) is 7.02. The molecule has 0 bridgehead atoms. The van der Waals surface area contributed by atoms with Crippen LogP contribution in [-0.4, -0.2) is 47.1 Å². The van der Waals surface area contributed by atoms with Gasteiger partial charge in [-0.15, -0.1) is 0 Å². The number of aromatic nitrogens is 2. The molecule has 2 aromatic carbocycles. The van der Waals surface area contributed by atoms with Crippen molar-refractivity contribution in [1.82, 2.24) is 14.9 Å². The van der Waals surface area contributed by atoms with Crippen LogP contribution in [0, 0.1) is 0 Å². The van der Waals surface area contributed by atoms with Crippen molar-refractivity contribution in [2.45, 2.75) is 44.2 Å². The summed E-state index contributed by atoms with van der Waals surface area (Å²) >= 11 is 0. The number of nitrogens with one attached hydrogen (secondary N) is 1. The molecule has 5 rings (SSSR count). The minimum Gasteiger partial charge on any atom is -0.393 e. The molecule has 2 fully saturated rings. The molecule has 2 heterocycles. The highest BCUT2D eigenvalue weighted by atomic mass is 15.3. The van der Waals surface area contributed by atoms with Crippen molar-refractivity contribution < 1.29 is 0 Å². The smallest absolute Gasteiger partial charge is 0.157 e. The molecule has 1 saturated carbocycles. The molecule has 6 heteroatoms. The van der Waals surface area contributed by atoms with E-state index < -0.39 is 0 Å². The number of nitrogens with zero attached hydrogens (tertiary/aromatic N) is 4. The van der Waals surface area contributed by atoms with Crippen LogP contribution in [-0.2, 0) is 0 Å². The monoisotopic (exact) mass is 442 g/mol. The third kappa shape index (κ3) is 4.96. The van der Waals surface area contributed by atoms with E-state index in [2.05, 4.69) is 85.7 Å². The predicted molar refractivity (Wildman–Crippen MR) is 135 cm³/mol. The third-order valence-electron chi connectivity index (χ3n) is 7.02. The maximum atomic E-state index is 6.57. The molecule has 3 N–H and O–H groups in total. The molecule has 33 heavy (non-hydrogen) atoms. The van der Waals surface area contributed by atoms with Gasteiger partial charge in [0.15, 0.2) is 11.6 Å². The van der Waals surface area contributed by atoms with E-state index in [0.717, 1.165) is 37.8 Å². The molecule has 1 aliphatic heterocycles. The summed E-state index contributed by atoms with van der Waals surface area (Å²) in [6.07, 6.45) is 7.93. The summed E-state index contributed by atoms with van der Waals surface area (Å²) in [6, 6.07) is 22.3. The second kappa shape index (κ2) is 10.2. The number of nitrogens with two attached hydrogens (primary N) is 1. The summed E-state index contributed by atoms with van der Waals surface area (Å²) in [6.45, 7) is 3.67. The van der Waals surface area contributed by atoms with E-state index in [0.29, 0.717) is 11.7 Å². The van der Waals surface area contributed by atoms with Crippen molar-refractivity contribution in [2.24, 2.45) is 0 Å². The van der Waals surface area contributed by atoms with Gasteiger partial charge in [0.2, 0.25) is 0 Å². The standard InChI is InChI=1S/C27H34N6/c28-24-26(31-23-14-8-3-9-15-23)29-20-30-27(24)33-18-16-32(17-19-33)25(21-10-4-1-5-11-21)22-12-6-2-7-13-22/h1-2,4-7,10-13,20,23,25H,3,8-9,14-19,28H2,(H,29,30,31). The fraction of sp³-hybridized carbons (Fsp3) is 0.407. The molecule has 1 saturated heterocycles. The zero-order valence-corrected chi connectivity index (χ0v) is 19.2. The van der Waals surface area contributed by atoms with E-state index in [4.69, 9.17) is 5.73 Å². The van der Waals surface area contributed by atoms with Gasteiger partial charge < -0.3 is 16.0 Å². The van der Waals surface area contributed by atoms with Crippen LogP contribution in [0.25, 0.3) is 0 Å². The van der Waals surface area contributed by atoms with Crippen LogP contribution in [0.1, 0.15) is 49.3 Å². The summed E-state index contributed by atoms with van der Waals surface area (Å²) < 4.78 is 0. The number of hydrogen-bond donors (Lipinski definition) is 2. The Morgan fingerprint density at radius 3 is 2.00 bits per heavy atom. The number of piperazine rings is 1. The maximum absolute atomic E-state index is 6.57. The van der Waals surface area contributed by atoms with E-state index in [1.807, 2.05) is 0 Å². The highest BCUT2D eigenvalue weighted by Gasteiger charge is 2.28. The molecule has 3 aromatic rings. The van der Waals surface area contributed by atoms with Crippen LogP contribution in [0.3, 0.4) is 0 Å². The van der Waals surface area contributed by atoms with Crippen LogP contribution in [0.4, 0.5) is 17.3 Å². The molecule has 0 amide bonds. The van der Waals surface area contributed by atoms with Gasteiger partial charge >= 0.3 is 0 Å². The van der Waals surface area contributed by atoms with Gasteiger partial charge in [0.05, 0.1) is 6.04 Å². The van der Waals surface area contributed by atoms with Crippen molar-refractivity contribution in [2.75, 3.05) is 42.1 Å². The average molecular weight is 443 g/mol. The first-order valence-electron chi connectivity index (χ1n) is 12.3. The summed E-state index contributed by atoms with van der Waals surface area (Å²) in [5.74, 6) is 1.65. The van der Waals surface area contributed by atoms with Crippen molar-refractivity contribution in [1.29, 1.82) is 0 Å². The average Bonchev–Trinajstić information content (AvgIpc) is 2.88. The van der Waals surface area contributed by atoms with Crippen LogP contribution in [0.15, 0.2) is 67.0 Å². The van der Waals surface area contributed by atoms with Crippen molar-refractivity contribution >= 4 is 17.3 Å². The van der Waals surface area contributed by atoms with E-state index >= 15 is 0 Å². The minimum absolute atomic E-state index is 0.251. The number of anilines is 3. The second-order valence-corrected chi connectivity index (χ2v) is 9.19. The highest BCUT2D eigenvalue weighted by Crippen LogP contribution is 2.33. The first-order valence-corrected chi connectivity index (χ1v) is 12.3. The lowest BCUT2D eigenvalue weighted by molar-refractivity contribution is 0.212. The Morgan fingerprint density at radius 1 is 0.788 bits per heavy atom. The summed E-state index contributed by atoms with van der Waals surface area (Å²) in [4.78, 5) is 13.9. The normalized spacial score (nSPS) is 17.9. The van der Waals surface area contributed by atoms with Crippen molar-refractivity contribution in [3.8, 4) is 0 Å². The largest absolute Gasteiger partial charge is 0.393 e. The Balaban J connectivity index is 1.31. The molecule has 2 aliphatic rings. The van der Waals surface area contributed by atoms with Gasteiger partial charge in [-0.05, 0) is 24.0 Å². The van der Waals surface area contributed by atoms with Gasteiger partial charge in [0.25, 0.3) is 0 Å². The minimum atomic E-state index is 0.251. The number of benzene rings is 2. The Labute approximate surface area is 196 Å². The summed E-state index contributed by atoms with van der Waals surface area (Å²) in [5.41, 5.74) is 9.91. The molecular weight excluding hydrogens is 408 g/mol. The molecule has 1 aromatic heterocycles. The highest BCUT2D eigenvalue weighted by molar-refractivity contribution is 5.75. The van der Waals surface area contributed by atoms with Crippen molar-refractivity contribution in [3.63, 3.8) is 0 Å². The maximum Gasteiger partial charge on any atom is 0.157 e. The Bertz CT molecular complexity index is 972. The molecule has 0 atom stereocenters. The van der Waals surface area contributed by atoms with Gasteiger partial charge in [0, 0.05) is 32.2 Å². The quantitative estimate of drug-likeness (QED) is 0.576. The molecular formula is C27H34N6. The van der Waals surface area contributed by atoms with Gasteiger partial charge in [-0.1, -0.05) is 79.9 Å². The zero-order valence-electron chi connectivity index (χ0n) is 19.2. The van der Waals surface area contributed by atoms with Crippen LogP contribution < -0.4 is 16.0 Å². The molecule has 1 aliphatic carbocycles. The van der Waals surface area contributed by atoms with Crippen LogP contribution >= 0.6 is 0 Å². The molecule has 0 spiro atoms. The Hall–Kier alpha value is -3.12. The van der Waals surface area contributed by atoms with Gasteiger partial charge in [-0.2, -0.15) is 0 Å². The SMILES string of the molecule is Nc1c(NC2CCCCC2)ncnc1N1CCN(C(c2ccccc2)c2ccccc2)CC1. The summed E-state index contributed by atoms with van der Waals surface area (Å²) in [5, 5.41) is 3.59. The fourth-order valence-corrected chi connectivity index (χ4v) is 5.27. The number of hydrogen-bond acceptors (Lipinski definition) is 6. The molecule has 0 unspecified atom stereocenters. The lowest BCUT2D eigenvalue weighted by Crippen LogP contribution is -2.48. The molecule has 172 valence electrons. The second-order valence-electron chi connectivity index (χ2n) is 9.19. The Morgan fingerprint density at radius 2 is 1.39 bits per heavy atom. The van der Waals surface area contributed by atoms with E-state index in [1.165, 1.54) is 43.2 Å². The topological polar surface area (TPSA) is 70.3 Å². The molecule has 6 nitrogen and oxygen atoms in total. The van der Waals surface area contributed by atoms with E-state index in [1.54, 1.807) is 6.33 Å². The van der Waals surface area contributed by atoms with Crippen LogP contribution in [0.2, 0.25) is 0 Å². The number of nitrogen functional groups attached to an aromatic ring is 1. The van der Waals surface area contributed by atoms with E-state index in [9.17, 15) is 0 Å². The molecule has 0 radical (unpaired) electrons. The van der Waals surface area contributed by atoms with Crippen molar-refractivity contribution in [3.05, 3.63) is 78.1 Å². The van der Waals surface area contributed by atoms with E-state index in [-0.39, 0.29) is 6.04 Å². The van der Waals surface area contributed by atoms with Gasteiger partial charge in [-0.3, -0.25) is 4.90 Å². The first kappa shape index (κ1) is 21.7. The summed E-state index contributed by atoms with van der Waals surface area (Å²) in [7, 11) is 0. The lowest BCUT2D eigenvalue weighted by atomic mass is 9.95. The predicted octanol–water partition coefficient (Wildman–Crippen LogP) is 4.72. The fourth-order valence-electron chi connectivity index (χ4n) is 5.27. The van der Waals surface area contributed by atoms with Gasteiger partial charge in [-0.25, -0.2) is 9.97 Å². The first-order chi connectivity index (χ1) is 16.3. The zero-order chi connectivity index (χ0) is 22.5. The lowest BCUT2D eigenvalue weighted by Gasteiger charge is -2.40. The van der Waals surface area contributed by atoms with Crippen LogP contribution in [0.5, 0.6) is 0 Å².